The van der Waals surface area contributed by atoms with E-state index in [2.05, 4.69) is 43.8 Å². The molecule has 0 saturated carbocycles. The van der Waals surface area contributed by atoms with E-state index in [9.17, 15) is 4.79 Å². The van der Waals surface area contributed by atoms with Gasteiger partial charge in [0.2, 0.25) is 0 Å². The Morgan fingerprint density at radius 1 is 1.19 bits per heavy atom. The lowest BCUT2D eigenvalue weighted by Crippen LogP contribution is -2.23. The van der Waals surface area contributed by atoms with Gasteiger partial charge in [-0.3, -0.25) is 9.48 Å². The molecule has 1 aromatic carbocycles. The molecule has 27 heavy (non-hydrogen) atoms. The molecule has 0 aliphatic rings. The fourth-order valence-electron chi connectivity index (χ4n) is 3.37. The van der Waals surface area contributed by atoms with E-state index in [4.69, 9.17) is 4.74 Å². The first-order valence-electron chi connectivity index (χ1n) is 9.88. The molecular formula is C22H33N3O2. The number of aryl methyl sites for hydroxylation is 1. The van der Waals surface area contributed by atoms with Crippen molar-refractivity contribution in [2.45, 2.75) is 61.1 Å². The van der Waals surface area contributed by atoms with Crippen molar-refractivity contribution >= 4 is 11.7 Å². The number of aromatic nitrogens is 2. The molecule has 0 bridgehead atoms. The van der Waals surface area contributed by atoms with E-state index in [-0.39, 0.29) is 12.4 Å². The Morgan fingerprint density at radius 2 is 1.85 bits per heavy atom. The summed E-state index contributed by atoms with van der Waals surface area (Å²) in [6, 6.07) is 8.12. The minimum absolute atomic E-state index is 0.209. The van der Waals surface area contributed by atoms with Crippen LogP contribution in [-0.2, 0) is 29.1 Å². The topological polar surface area (TPSA) is 47.4 Å². The average molecular weight is 372 g/mol. The van der Waals surface area contributed by atoms with Crippen LogP contribution in [0.2, 0.25) is 0 Å². The van der Waals surface area contributed by atoms with Gasteiger partial charge in [-0.2, -0.15) is 5.10 Å². The van der Waals surface area contributed by atoms with Crippen LogP contribution >= 0.6 is 0 Å². The predicted molar refractivity (Wildman–Crippen MR) is 110 cm³/mol. The van der Waals surface area contributed by atoms with Gasteiger partial charge in [-0.25, -0.2) is 0 Å². The summed E-state index contributed by atoms with van der Waals surface area (Å²) < 4.78 is 7.61. The molecule has 1 heterocycles. The zero-order valence-electron chi connectivity index (χ0n) is 17.6. The molecule has 0 unspecified atom stereocenters. The highest BCUT2D eigenvalue weighted by Gasteiger charge is 2.17. The van der Waals surface area contributed by atoms with Crippen molar-refractivity contribution in [1.29, 1.82) is 0 Å². The summed E-state index contributed by atoms with van der Waals surface area (Å²) in [6.07, 6.45) is 0.267. The first-order chi connectivity index (χ1) is 12.9. The van der Waals surface area contributed by atoms with Crippen LogP contribution in [0, 0.1) is 19.8 Å². The lowest BCUT2D eigenvalue weighted by molar-refractivity contribution is -0.144. The lowest BCUT2D eigenvalue weighted by atomic mass is 10.1. The number of esters is 1. The highest BCUT2D eigenvalue weighted by molar-refractivity contribution is 5.73. The first-order valence-corrected chi connectivity index (χ1v) is 9.88. The summed E-state index contributed by atoms with van der Waals surface area (Å²) >= 11 is 0. The Balaban J connectivity index is 2.05. The van der Waals surface area contributed by atoms with Crippen LogP contribution < -0.4 is 4.90 Å². The highest BCUT2D eigenvalue weighted by Crippen LogP contribution is 2.22. The van der Waals surface area contributed by atoms with E-state index in [1.165, 1.54) is 0 Å². The van der Waals surface area contributed by atoms with E-state index < -0.39 is 0 Å². The second-order valence-corrected chi connectivity index (χ2v) is 7.36. The Morgan fingerprint density at radius 3 is 2.48 bits per heavy atom. The van der Waals surface area contributed by atoms with E-state index in [1.54, 1.807) is 0 Å². The van der Waals surface area contributed by atoms with Crippen LogP contribution in [-0.4, -0.2) is 28.8 Å². The summed E-state index contributed by atoms with van der Waals surface area (Å²) in [5.41, 5.74) is 5.12. The zero-order valence-corrected chi connectivity index (χ0v) is 17.6. The predicted octanol–water partition coefficient (Wildman–Crippen LogP) is 4.29. The standard InChI is InChI=1S/C22H33N3O2/c1-7-24(8-2)21-12-10-9-11-19(21)15-27-22(26)13-20-17(5)23-25(18(20)6)14-16(3)4/h9-12,16H,7-8,13-15H2,1-6H3. The van der Waals surface area contributed by atoms with Gasteiger partial charge in [0.1, 0.15) is 6.61 Å². The monoisotopic (exact) mass is 371 g/mol. The molecule has 0 fully saturated rings. The van der Waals surface area contributed by atoms with Crippen molar-refractivity contribution in [3.8, 4) is 0 Å². The third kappa shape index (κ3) is 5.34. The second kappa shape index (κ2) is 9.58. The van der Waals surface area contributed by atoms with E-state index in [1.807, 2.05) is 36.7 Å². The van der Waals surface area contributed by atoms with E-state index in [0.717, 1.165) is 47.8 Å². The molecule has 0 amide bonds. The van der Waals surface area contributed by atoms with Gasteiger partial charge in [0.15, 0.2) is 0 Å². The molecule has 0 spiro atoms. The molecule has 1 aromatic heterocycles. The van der Waals surface area contributed by atoms with Crippen molar-refractivity contribution < 1.29 is 9.53 Å². The fourth-order valence-corrected chi connectivity index (χ4v) is 3.37. The number of hydrogen-bond acceptors (Lipinski definition) is 4. The molecule has 0 aliphatic heterocycles. The van der Waals surface area contributed by atoms with Crippen molar-refractivity contribution in [1.82, 2.24) is 9.78 Å². The van der Waals surface area contributed by atoms with Gasteiger partial charge in [0.25, 0.3) is 0 Å². The van der Waals surface area contributed by atoms with Crippen LogP contribution in [0.15, 0.2) is 24.3 Å². The summed E-state index contributed by atoms with van der Waals surface area (Å²) in [4.78, 5) is 14.7. The molecule has 2 aromatic rings. The number of anilines is 1. The van der Waals surface area contributed by atoms with Gasteiger partial charge >= 0.3 is 5.97 Å². The van der Waals surface area contributed by atoms with Gasteiger partial charge < -0.3 is 9.64 Å². The maximum absolute atomic E-state index is 12.5. The van der Waals surface area contributed by atoms with Crippen molar-refractivity contribution in [3.63, 3.8) is 0 Å². The third-order valence-electron chi connectivity index (χ3n) is 4.87. The van der Waals surface area contributed by atoms with Crippen molar-refractivity contribution in [2.24, 2.45) is 5.92 Å². The Kier molecular flexibility index (Phi) is 7.45. The number of para-hydroxylation sites is 1. The van der Waals surface area contributed by atoms with Crippen LogP contribution in [0.5, 0.6) is 0 Å². The van der Waals surface area contributed by atoms with Crippen LogP contribution in [0.1, 0.15) is 50.2 Å². The smallest absolute Gasteiger partial charge is 0.310 e. The first kappa shape index (κ1) is 21.0. The minimum atomic E-state index is -0.209. The van der Waals surface area contributed by atoms with Crippen molar-refractivity contribution in [2.75, 3.05) is 18.0 Å². The van der Waals surface area contributed by atoms with E-state index >= 15 is 0 Å². The Labute approximate surface area is 163 Å². The van der Waals surface area contributed by atoms with Crippen molar-refractivity contribution in [3.05, 3.63) is 46.8 Å². The third-order valence-corrected chi connectivity index (χ3v) is 4.87. The molecule has 5 heteroatoms. The van der Waals surface area contributed by atoms with Gasteiger partial charge in [0, 0.05) is 42.1 Å². The van der Waals surface area contributed by atoms with E-state index in [0.29, 0.717) is 12.5 Å². The average Bonchev–Trinajstić information content (AvgIpc) is 2.88. The summed E-state index contributed by atoms with van der Waals surface area (Å²) in [7, 11) is 0. The summed E-state index contributed by atoms with van der Waals surface area (Å²) in [5.74, 6) is 0.305. The number of hydrogen-bond donors (Lipinski definition) is 0. The molecule has 0 radical (unpaired) electrons. The normalized spacial score (nSPS) is 11.1. The molecule has 0 saturated heterocycles. The highest BCUT2D eigenvalue weighted by atomic mass is 16.5. The molecule has 2 rings (SSSR count). The van der Waals surface area contributed by atoms with Gasteiger partial charge in [-0.05, 0) is 39.7 Å². The SMILES string of the molecule is CCN(CC)c1ccccc1COC(=O)Cc1c(C)nn(CC(C)C)c1C. The summed E-state index contributed by atoms with van der Waals surface area (Å²) in [5, 5.41) is 4.58. The molecule has 0 atom stereocenters. The molecule has 0 aliphatic carbocycles. The number of ether oxygens (including phenoxy) is 1. The summed E-state index contributed by atoms with van der Waals surface area (Å²) in [6.45, 7) is 15.6. The van der Waals surface area contributed by atoms with Gasteiger partial charge in [-0.1, -0.05) is 32.0 Å². The Hall–Kier alpha value is -2.30. The lowest BCUT2D eigenvalue weighted by Gasteiger charge is -2.24. The zero-order chi connectivity index (χ0) is 20.0. The quantitative estimate of drug-likeness (QED) is 0.617. The number of rotatable bonds is 9. The van der Waals surface area contributed by atoms with Crippen LogP contribution in [0.4, 0.5) is 5.69 Å². The van der Waals surface area contributed by atoms with Crippen LogP contribution in [0.25, 0.3) is 0 Å². The largest absolute Gasteiger partial charge is 0.460 e. The minimum Gasteiger partial charge on any atom is -0.460 e. The Bertz CT molecular complexity index is 761. The molecular weight excluding hydrogens is 338 g/mol. The number of benzene rings is 1. The fraction of sp³-hybridized carbons (Fsp3) is 0.545. The van der Waals surface area contributed by atoms with Gasteiger partial charge in [-0.15, -0.1) is 0 Å². The molecule has 0 N–H and O–H groups in total. The molecule has 5 nitrogen and oxygen atoms in total. The maximum Gasteiger partial charge on any atom is 0.310 e. The number of carbonyl (C=O) groups excluding carboxylic acids is 1. The van der Waals surface area contributed by atoms with Crippen LogP contribution in [0.3, 0.4) is 0 Å². The maximum atomic E-state index is 12.5. The second-order valence-electron chi connectivity index (χ2n) is 7.36. The number of nitrogens with zero attached hydrogens (tertiary/aromatic N) is 3. The number of carbonyl (C=O) groups is 1. The molecule has 148 valence electrons. The van der Waals surface area contributed by atoms with Gasteiger partial charge in [0.05, 0.1) is 12.1 Å².